The van der Waals surface area contributed by atoms with Crippen LogP contribution in [0.3, 0.4) is 0 Å². The van der Waals surface area contributed by atoms with Crippen molar-refractivity contribution >= 4 is 8.32 Å². The molecular weight excluding hydrogens is 324 g/mol. The summed E-state index contributed by atoms with van der Waals surface area (Å²) in [5.41, 5.74) is 2.28. The highest BCUT2D eigenvalue weighted by Gasteiger charge is 2.40. The van der Waals surface area contributed by atoms with Crippen LogP contribution in [0.4, 0.5) is 0 Å². The maximum atomic E-state index is 10.5. The van der Waals surface area contributed by atoms with E-state index in [0.717, 1.165) is 12.0 Å². The van der Waals surface area contributed by atoms with Crippen LogP contribution in [0.15, 0.2) is 36.0 Å². The minimum atomic E-state index is -1.88. The minimum Gasteiger partial charge on any atom is -0.410 e. The van der Waals surface area contributed by atoms with E-state index in [1.807, 2.05) is 19.9 Å². The lowest BCUT2D eigenvalue weighted by Gasteiger charge is -2.41. The molecule has 0 aromatic rings. The molecule has 2 nitrogen and oxygen atoms in total. The van der Waals surface area contributed by atoms with Crippen LogP contribution in [0.5, 0.6) is 0 Å². The first-order valence-corrected chi connectivity index (χ1v) is 12.5. The highest BCUT2D eigenvalue weighted by molar-refractivity contribution is 6.74. The van der Waals surface area contributed by atoms with Crippen LogP contribution >= 0.6 is 0 Å². The molecule has 25 heavy (non-hydrogen) atoms. The molecule has 3 heteroatoms. The standard InChI is InChI=1S/C22H42O2Si/c1-12-16(4)20(23)18(6)15-19(14-3)21(17(5)13-2)24-25(10,11)22(7,8)9/h12-13,15-16,19-21,23H,1,14H2,2-11H3/b17-13+,18-15+/t16-,19-,20-,21-/m0/s1. The highest BCUT2D eigenvalue weighted by atomic mass is 28.4. The van der Waals surface area contributed by atoms with E-state index >= 15 is 0 Å². The second kappa shape index (κ2) is 9.89. The van der Waals surface area contributed by atoms with Gasteiger partial charge in [0.2, 0.25) is 0 Å². The molecule has 0 aromatic carbocycles. The molecule has 0 amide bonds. The molecule has 0 bridgehead atoms. The van der Waals surface area contributed by atoms with Gasteiger partial charge in [0.15, 0.2) is 8.32 Å². The average Bonchev–Trinajstić information content (AvgIpc) is 2.54. The summed E-state index contributed by atoms with van der Waals surface area (Å²) in [6.45, 7) is 25.7. The van der Waals surface area contributed by atoms with E-state index in [9.17, 15) is 5.11 Å². The van der Waals surface area contributed by atoms with Gasteiger partial charge in [-0.15, -0.1) is 6.58 Å². The quantitative estimate of drug-likeness (QED) is 0.373. The number of aliphatic hydroxyl groups is 1. The van der Waals surface area contributed by atoms with Crippen molar-refractivity contribution < 1.29 is 9.53 Å². The fraction of sp³-hybridized carbons (Fsp3) is 0.727. The summed E-state index contributed by atoms with van der Waals surface area (Å²) < 4.78 is 6.80. The van der Waals surface area contributed by atoms with E-state index in [1.165, 1.54) is 5.57 Å². The van der Waals surface area contributed by atoms with Crippen LogP contribution in [0, 0.1) is 11.8 Å². The summed E-state index contributed by atoms with van der Waals surface area (Å²) in [5.74, 6) is 0.313. The summed E-state index contributed by atoms with van der Waals surface area (Å²) in [4.78, 5) is 0. The minimum absolute atomic E-state index is 0.0522. The van der Waals surface area contributed by atoms with Gasteiger partial charge >= 0.3 is 0 Å². The third-order valence-corrected chi connectivity index (χ3v) is 10.3. The SMILES string of the molecule is C=C[C@H](C)[C@H](O)/C(C)=C/[C@H](CC)[C@@H](O[Si](C)(C)C(C)(C)C)/C(C)=C/C. The van der Waals surface area contributed by atoms with Gasteiger partial charge in [-0.05, 0) is 56.5 Å². The van der Waals surface area contributed by atoms with Gasteiger partial charge in [0.25, 0.3) is 0 Å². The lowest BCUT2D eigenvalue weighted by molar-refractivity contribution is 0.158. The van der Waals surface area contributed by atoms with Crippen molar-refractivity contribution in [3.63, 3.8) is 0 Å². The van der Waals surface area contributed by atoms with Gasteiger partial charge in [0, 0.05) is 11.8 Å². The van der Waals surface area contributed by atoms with E-state index in [4.69, 9.17) is 4.43 Å². The number of rotatable bonds is 9. The Hall–Kier alpha value is -0.643. The average molecular weight is 367 g/mol. The summed E-state index contributed by atoms with van der Waals surface area (Å²) in [5, 5.41) is 10.7. The van der Waals surface area contributed by atoms with E-state index in [0.29, 0.717) is 0 Å². The second-order valence-corrected chi connectivity index (χ2v) is 13.6. The Morgan fingerprint density at radius 3 is 2.08 bits per heavy atom. The molecule has 0 aliphatic carbocycles. The zero-order chi connectivity index (χ0) is 20.0. The summed E-state index contributed by atoms with van der Waals surface area (Å²) in [7, 11) is -1.88. The van der Waals surface area contributed by atoms with Gasteiger partial charge in [0.1, 0.15) is 0 Å². The van der Waals surface area contributed by atoms with Crippen LogP contribution in [0.2, 0.25) is 18.1 Å². The van der Waals surface area contributed by atoms with Crippen molar-refractivity contribution in [3.8, 4) is 0 Å². The van der Waals surface area contributed by atoms with E-state index in [-0.39, 0.29) is 23.0 Å². The maximum absolute atomic E-state index is 10.5. The van der Waals surface area contributed by atoms with Crippen molar-refractivity contribution in [2.75, 3.05) is 0 Å². The molecule has 0 aliphatic heterocycles. The third kappa shape index (κ3) is 6.88. The molecule has 0 unspecified atom stereocenters. The third-order valence-electron chi connectivity index (χ3n) is 5.81. The monoisotopic (exact) mass is 366 g/mol. The Kier molecular flexibility index (Phi) is 9.64. The van der Waals surface area contributed by atoms with E-state index in [2.05, 4.69) is 73.4 Å². The fourth-order valence-electron chi connectivity index (χ4n) is 2.58. The van der Waals surface area contributed by atoms with Crippen LogP contribution in [-0.4, -0.2) is 25.6 Å². The molecule has 0 spiro atoms. The zero-order valence-corrected chi connectivity index (χ0v) is 19.3. The van der Waals surface area contributed by atoms with Gasteiger partial charge in [-0.25, -0.2) is 0 Å². The topological polar surface area (TPSA) is 29.5 Å². The smallest absolute Gasteiger partial charge is 0.192 e. The van der Waals surface area contributed by atoms with Crippen LogP contribution in [-0.2, 0) is 4.43 Å². The van der Waals surface area contributed by atoms with E-state index in [1.54, 1.807) is 0 Å². The largest absolute Gasteiger partial charge is 0.410 e. The van der Waals surface area contributed by atoms with Gasteiger partial charge in [0.05, 0.1) is 12.2 Å². The molecule has 0 saturated carbocycles. The van der Waals surface area contributed by atoms with Gasteiger partial charge < -0.3 is 9.53 Å². The molecule has 0 aromatic heterocycles. The van der Waals surface area contributed by atoms with Gasteiger partial charge in [-0.2, -0.15) is 0 Å². The molecule has 4 atom stereocenters. The van der Waals surface area contributed by atoms with Crippen molar-refractivity contribution in [1.82, 2.24) is 0 Å². The molecule has 146 valence electrons. The van der Waals surface area contributed by atoms with Crippen LogP contribution in [0.25, 0.3) is 0 Å². The van der Waals surface area contributed by atoms with Crippen molar-refractivity contribution in [2.24, 2.45) is 11.8 Å². The molecular formula is C22H42O2Si. The molecule has 1 N–H and O–H groups in total. The first kappa shape index (κ1) is 24.4. The lowest BCUT2D eigenvalue weighted by atomic mass is 9.89. The van der Waals surface area contributed by atoms with Crippen molar-refractivity contribution in [3.05, 3.63) is 36.0 Å². The molecule has 0 saturated heterocycles. The Morgan fingerprint density at radius 2 is 1.72 bits per heavy atom. The first-order valence-electron chi connectivity index (χ1n) is 9.61. The molecule has 0 heterocycles. The summed E-state index contributed by atoms with van der Waals surface area (Å²) in [6.07, 6.45) is 6.76. The predicted octanol–water partition coefficient (Wildman–Crippen LogP) is 6.50. The number of aliphatic hydroxyl groups excluding tert-OH is 1. The zero-order valence-electron chi connectivity index (χ0n) is 18.3. The Labute approximate surface area is 158 Å². The van der Waals surface area contributed by atoms with Crippen LogP contribution in [0.1, 0.15) is 61.8 Å². The fourth-order valence-corrected chi connectivity index (χ4v) is 3.92. The molecule has 0 aliphatic rings. The Balaban J connectivity index is 5.73. The maximum Gasteiger partial charge on any atom is 0.192 e. The Bertz CT molecular complexity index is 483. The predicted molar refractivity (Wildman–Crippen MR) is 114 cm³/mol. The Morgan fingerprint density at radius 1 is 1.20 bits per heavy atom. The number of hydrogen-bond acceptors (Lipinski definition) is 2. The van der Waals surface area contributed by atoms with E-state index < -0.39 is 14.4 Å². The van der Waals surface area contributed by atoms with Gasteiger partial charge in [-0.3, -0.25) is 0 Å². The normalized spacial score (nSPS) is 19.3. The van der Waals surface area contributed by atoms with Crippen molar-refractivity contribution in [2.45, 2.75) is 92.2 Å². The van der Waals surface area contributed by atoms with Crippen LogP contribution < -0.4 is 0 Å². The second-order valence-electron chi connectivity index (χ2n) is 8.85. The number of allylic oxidation sites excluding steroid dienone is 1. The first-order chi connectivity index (χ1) is 11.3. The summed E-state index contributed by atoms with van der Waals surface area (Å²) in [6, 6.07) is 0. The number of hydrogen-bond donors (Lipinski definition) is 1. The molecule has 0 radical (unpaired) electrons. The summed E-state index contributed by atoms with van der Waals surface area (Å²) >= 11 is 0. The lowest BCUT2D eigenvalue weighted by Crippen LogP contribution is -2.46. The molecule has 0 rings (SSSR count). The van der Waals surface area contributed by atoms with Gasteiger partial charge in [-0.1, -0.05) is 52.8 Å². The molecule has 0 fully saturated rings. The highest BCUT2D eigenvalue weighted by Crippen LogP contribution is 2.39. The van der Waals surface area contributed by atoms with Crippen molar-refractivity contribution in [1.29, 1.82) is 0 Å².